The van der Waals surface area contributed by atoms with E-state index in [2.05, 4.69) is 56.5 Å². The minimum absolute atomic E-state index is 0.0280. The maximum Gasteiger partial charge on any atom is 0.192 e. The summed E-state index contributed by atoms with van der Waals surface area (Å²) in [6.45, 7) is 13.1. The molecule has 0 bridgehead atoms. The molecule has 0 saturated heterocycles. The molecule has 0 saturated carbocycles. The smallest absolute Gasteiger partial charge is 0.192 e. The normalized spacial score (nSPS) is 23.2. The van der Waals surface area contributed by atoms with Crippen molar-refractivity contribution in [3.63, 3.8) is 0 Å². The third kappa shape index (κ3) is 2.76. The predicted octanol–water partition coefficient (Wildman–Crippen LogP) is 4.06. The van der Waals surface area contributed by atoms with Gasteiger partial charge in [0.1, 0.15) is 0 Å². The standard InChI is InChI=1S/C12H21IO2Si/c1-8-10(7-9(14)11(8)13)15-16(5,6)12(2,3)4/h10H,7H2,1-6H3/t10-/m0/s1. The summed E-state index contributed by atoms with van der Waals surface area (Å²) < 4.78 is 7.15. The fourth-order valence-electron chi connectivity index (χ4n) is 1.43. The van der Waals surface area contributed by atoms with Crippen LogP contribution in [-0.2, 0) is 9.22 Å². The number of hydrogen-bond acceptors (Lipinski definition) is 2. The fourth-order valence-corrected chi connectivity index (χ4v) is 3.33. The van der Waals surface area contributed by atoms with Crippen LogP contribution in [0.1, 0.15) is 34.1 Å². The lowest BCUT2D eigenvalue weighted by atomic mass is 10.2. The van der Waals surface area contributed by atoms with Crippen molar-refractivity contribution in [1.82, 2.24) is 0 Å². The SMILES string of the molecule is CC1=C(I)C(=O)C[C@@H]1O[Si](C)(C)C(C)(C)C. The largest absolute Gasteiger partial charge is 0.410 e. The zero-order chi connectivity index (χ0) is 12.7. The van der Waals surface area contributed by atoms with Gasteiger partial charge in [0.2, 0.25) is 0 Å². The van der Waals surface area contributed by atoms with Gasteiger partial charge in [-0.15, -0.1) is 0 Å². The van der Waals surface area contributed by atoms with Crippen LogP contribution in [0.25, 0.3) is 0 Å². The van der Waals surface area contributed by atoms with Gasteiger partial charge in [-0.3, -0.25) is 4.79 Å². The Kier molecular flexibility index (Phi) is 4.07. The van der Waals surface area contributed by atoms with Crippen LogP contribution in [-0.4, -0.2) is 20.2 Å². The van der Waals surface area contributed by atoms with Crippen molar-refractivity contribution in [1.29, 1.82) is 0 Å². The predicted molar refractivity (Wildman–Crippen MR) is 78.4 cm³/mol. The Balaban J connectivity index is 2.82. The molecule has 4 heteroatoms. The van der Waals surface area contributed by atoms with E-state index in [-0.39, 0.29) is 16.9 Å². The van der Waals surface area contributed by atoms with Crippen molar-refractivity contribution in [2.75, 3.05) is 0 Å². The molecule has 1 aliphatic rings. The van der Waals surface area contributed by atoms with Crippen molar-refractivity contribution >= 4 is 36.7 Å². The Labute approximate surface area is 113 Å². The van der Waals surface area contributed by atoms with Gasteiger partial charge < -0.3 is 4.43 Å². The van der Waals surface area contributed by atoms with E-state index < -0.39 is 8.32 Å². The quantitative estimate of drug-likeness (QED) is 0.553. The zero-order valence-electron chi connectivity index (χ0n) is 11.0. The van der Waals surface area contributed by atoms with Gasteiger partial charge in [-0.2, -0.15) is 0 Å². The number of halogens is 1. The molecule has 2 nitrogen and oxygen atoms in total. The van der Waals surface area contributed by atoms with Crippen molar-refractivity contribution in [3.8, 4) is 0 Å². The molecule has 0 amide bonds. The number of rotatable bonds is 2. The van der Waals surface area contributed by atoms with Crippen molar-refractivity contribution < 1.29 is 9.22 Å². The average Bonchev–Trinajstić information content (AvgIpc) is 2.31. The molecule has 92 valence electrons. The Bertz CT molecular complexity index is 339. The first-order chi connectivity index (χ1) is 7.06. The molecule has 0 N–H and O–H groups in total. The Hall–Kier alpha value is 0.317. The lowest BCUT2D eigenvalue weighted by molar-refractivity contribution is -0.115. The molecule has 1 atom stereocenters. The average molecular weight is 352 g/mol. The van der Waals surface area contributed by atoms with Crippen molar-refractivity contribution in [3.05, 3.63) is 9.15 Å². The van der Waals surface area contributed by atoms with E-state index in [9.17, 15) is 4.79 Å². The molecule has 1 aliphatic carbocycles. The molecule has 0 unspecified atom stereocenters. The highest BCUT2D eigenvalue weighted by atomic mass is 127. The van der Waals surface area contributed by atoms with E-state index >= 15 is 0 Å². The monoisotopic (exact) mass is 352 g/mol. The van der Waals surface area contributed by atoms with Crippen LogP contribution in [0, 0.1) is 0 Å². The summed E-state index contributed by atoms with van der Waals surface area (Å²) in [6, 6.07) is 0. The third-order valence-electron chi connectivity index (χ3n) is 3.69. The Morgan fingerprint density at radius 3 is 2.19 bits per heavy atom. The highest BCUT2D eigenvalue weighted by Crippen LogP contribution is 2.40. The number of carbonyl (C=O) groups is 1. The maximum atomic E-state index is 11.6. The highest BCUT2D eigenvalue weighted by Gasteiger charge is 2.41. The lowest BCUT2D eigenvalue weighted by Crippen LogP contribution is -2.43. The van der Waals surface area contributed by atoms with E-state index in [1.54, 1.807) is 0 Å². The summed E-state index contributed by atoms with van der Waals surface area (Å²) in [4.78, 5) is 11.6. The number of ketones is 1. The van der Waals surface area contributed by atoms with Crippen LogP contribution in [0.2, 0.25) is 18.1 Å². The van der Waals surface area contributed by atoms with Gasteiger partial charge in [0.25, 0.3) is 0 Å². The van der Waals surface area contributed by atoms with Gasteiger partial charge in [0.05, 0.1) is 9.68 Å². The molecule has 0 aromatic carbocycles. The van der Waals surface area contributed by atoms with Gasteiger partial charge in [-0.1, -0.05) is 20.8 Å². The molecular formula is C12H21IO2Si. The second-order valence-corrected chi connectivity index (χ2v) is 11.8. The summed E-state index contributed by atoms with van der Waals surface area (Å²) in [6.07, 6.45) is 0.566. The van der Waals surface area contributed by atoms with Crippen LogP contribution in [0.4, 0.5) is 0 Å². The number of carbonyl (C=O) groups excluding carboxylic acids is 1. The second-order valence-electron chi connectivity index (χ2n) is 5.99. The molecule has 0 radical (unpaired) electrons. The van der Waals surface area contributed by atoms with Gasteiger partial charge in [-0.25, -0.2) is 0 Å². The molecule has 0 aromatic heterocycles. The van der Waals surface area contributed by atoms with E-state index in [1.807, 2.05) is 6.92 Å². The minimum atomic E-state index is -1.76. The molecule has 0 fully saturated rings. The molecule has 0 aliphatic heterocycles. The van der Waals surface area contributed by atoms with E-state index in [0.29, 0.717) is 6.42 Å². The minimum Gasteiger partial charge on any atom is -0.410 e. The molecule has 0 heterocycles. The molecule has 0 spiro atoms. The second kappa shape index (κ2) is 4.53. The fraction of sp³-hybridized carbons (Fsp3) is 0.750. The van der Waals surface area contributed by atoms with Gasteiger partial charge in [0, 0.05) is 6.42 Å². The molecule has 16 heavy (non-hydrogen) atoms. The number of Topliss-reactive ketones (excluding diaryl/α,β-unsaturated/α-hetero) is 1. The molecule has 0 aromatic rings. The van der Waals surface area contributed by atoms with Crippen LogP contribution < -0.4 is 0 Å². The van der Waals surface area contributed by atoms with Crippen LogP contribution in [0.5, 0.6) is 0 Å². The van der Waals surface area contributed by atoms with Crippen LogP contribution >= 0.6 is 22.6 Å². The first kappa shape index (κ1) is 14.4. The Morgan fingerprint density at radius 2 is 1.88 bits per heavy atom. The summed E-state index contributed by atoms with van der Waals surface area (Å²) >= 11 is 2.14. The van der Waals surface area contributed by atoms with Crippen LogP contribution in [0.3, 0.4) is 0 Å². The van der Waals surface area contributed by atoms with Crippen molar-refractivity contribution in [2.45, 2.75) is 58.4 Å². The summed E-state index contributed by atoms with van der Waals surface area (Å²) in [5, 5.41) is 0.199. The maximum absolute atomic E-state index is 11.6. The van der Waals surface area contributed by atoms with Gasteiger partial charge >= 0.3 is 0 Å². The van der Waals surface area contributed by atoms with Gasteiger partial charge in [0.15, 0.2) is 14.1 Å². The van der Waals surface area contributed by atoms with E-state index in [1.165, 1.54) is 0 Å². The summed E-state index contributed by atoms with van der Waals surface area (Å²) in [7, 11) is -1.76. The van der Waals surface area contributed by atoms with Gasteiger partial charge in [-0.05, 0) is 53.2 Å². The lowest BCUT2D eigenvalue weighted by Gasteiger charge is -2.38. The Morgan fingerprint density at radius 1 is 1.38 bits per heavy atom. The van der Waals surface area contributed by atoms with E-state index in [4.69, 9.17) is 4.43 Å². The van der Waals surface area contributed by atoms with Crippen molar-refractivity contribution in [2.24, 2.45) is 0 Å². The number of hydrogen-bond donors (Lipinski definition) is 0. The molecule has 1 rings (SSSR count). The first-order valence-electron chi connectivity index (χ1n) is 5.63. The highest BCUT2D eigenvalue weighted by molar-refractivity contribution is 14.1. The van der Waals surface area contributed by atoms with E-state index in [0.717, 1.165) is 9.15 Å². The van der Waals surface area contributed by atoms with Crippen LogP contribution in [0.15, 0.2) is 9.15 Å². The summed E-state index contributed by atoms with van der Waals surface area (Å²) in [5.74, 6) is 0.238. The zero-order valence-corrected chi connectivity index (χ0v) is 14.1. The molecular weight excluding hydrogens is 331 g/mol. The first-order valence-corrected chi connectivity index (χ1v) is 9.62. The topological polar surface area (TPSA) is 26.3 Å². The number of allylic oxidation sites excluding steroid dienone is 1. The third-order valence-corrected chi connectivity index (χ3v) is 9.63. The summed E-state index contributed by atoms with van der Waals surface area (Å²) in [5.41, 5.74) is 1.12.